The highest BCUT2D eigenvalue weighted by molar-refractivity contribution is 8.03. The molecule has 0 bridgehead atoms. The van der Waals surface area contributed by atoms with Crippen molar-refractivity contribution in [3.05, 3.63) is 63.9 Å². The number of nitrogens with zero attached hydrogens (tertiary/aromatic N) is 1. The lowest BCUT2D eigenvalue weighted by atomic mass is 10.1. The summed E-state index contributed by atoms with van der Waals surface area (Å²) in [5.74, 6) is 0.662. The Balaban J connectivity index is 1.97. The second-order valence-electron chi connectivity index (χ2n) is 4.75. The van der Waals surface area contributed by atoms with Crippen LogP contribution in [0.5, 0.6) is 0 Å². The van der Waals surface area contributed by atoms with Gasteiger partial charge in [0.15, 0.2) is 0 Å². The number of furan rings is 1. The van der Waals surface area contributed by atoms with E-state index in [9.17, 15) is 9.59 Å². The zero-order valence-corrected chi connectivity index (χ0v) is 13.3. The topological polar surface area (TPSA) is 50.5 Å². The van der Waals surface area contributed by atoms with Crippen LogP contribution in [-0.2, 0) is 15.3 Å². The molecular formula is C16H12ClNO3S. The van der Waals surface area contributed by atoms with Gasteiger partial charge in [0.05, 0.1) is 22.5 Å². The van der Waals surface area contributed by atoms with E-state index in [1.165, 1.54) is 18.8 Å². The van der Waals surface area contributed by atoms with Gasteiger partial charge in [-0.15, -0.1) is 11.8 Å². The largest absolute Gasteiger partial charge is 0.468 e. The number of benzene rings is 1. The molecule has 0 fully saturated rings. The fourth-order valence-electron chi connectivity index (χ4n) is 2.16. The second kappa shape index (κ2) is 6.02. The fraction of sp³-hybridized carbons (Fsp3) is 0.125. The van der Waals surface area contributed by atoms with Crippen LogP contribution >= 0.6 is 23.4 Å². The van der Waals surface area contributed by atoms with Crippen molar-refractivity contribution in [1.82, 2.24) is 4.90 Å². The fourth-order valence-corrected chi connectivity index (χ4v) is 3.35. The maximum absolute atomic E-state index is 12.4. The first-order chi connectivity index (χ1) is 10.6. The quantitative estimate of drug-likeness (QED) is 0.802. The number of hydrogen-bond donors (Lipinski definition) is 0. The Labute approximate surface area is 136 Å². The van der Waals surface area contributed by atoms with Crippen LogP contribution < -0.4 is 0 Å². The Morgan fingerprint density at radius 2 is 1.86 bits per heavy atom. The number of amides is 2. The standard InChI is InChI=1S/C16H12ClNO3S/c1-18-15(19)13(10-4-6-11(17)7-5-10)14(16(18)20)22-9-12-3-2-8-21-12/h2-8H,9H2,1H3. The molecule has 3 rings (SSSR count). The normalized spacial score (nSPS) is 15.1. The van der Waals surface area contributed by atoms with Crippen LogP contribution in [0, 0.1) is 0 Å². The van der Waals surface area contributed by atoms with Gasteiger partial charge in [0, 0.05) is 12.1 Å². The lowest BCUT2D eigenvalue weighted by Crippen LogP contribution is -2.26. The zero-order valence-electron chi connectivity index (χ0n) is 11.7. The van der Waals surface area contributed by atoms with Crippen LogP contribution in [-0.4, -0.2) is 23.8 Å². The van der Waals surface area contributed by atoms with Crippen molar-refractivity contribution in [2.24, 2.45) is 0 Å². The van der Waals surface area contributed by atoms with E-state index in [1.807, 2.05) is 6.07 Å². The van der Waals surface area contributed by atoms with Crippen LogP contribution in [0.25, 0.3) is 5.57 Å². The maximum Gasteiger partial charge on any atom is 0.267 e. The van der Waals surface area contributed by atoms with Gasteiger partial charge in [-0.1, -0.05) is 23.7 Å². The molecule has 112 valence electrons. The highest BCUT2D eigenvalue weighted by Gasteiger charge is 2.36. The van der Waals surface area contributed by atoms with Crippen LogP contribution in [0.3, 0.4) is 0 Å². The molecule has 6 heteroatoms. The third kappa shape index (κ3) is 2.69. The third-order valence-electron chi connectivity index (χ3n) is 3.32. The highest BCUT2D eigenvalue weighted by atomic mass is 35.5. The van der Waals surface area contributed by atoms with E-state index in [0.29, 0.717) is 26.8 Å². The van der Waals surface area contributed by atoms with Crippen LogP contribution in [0.4, 0.5) is 0 Å². The number of carbonyl (C=O) groups is 2. The summed E-state index contributed by atoms with van der Waals surface area (Å²) in [4.78, 5) is 26.2. The van der Waals surface area contributed by atoms with E-state index in [-0.39, 0.29) is 11.8 Å². The number of rotatable bonds is 4. The summed E-state index contributed by atoms with van der Waals surface area (Å²) in [6.45, 7) is 0. The molecule has 1 aromatic heterocycles. The summed E-state index contributed by atoms with van der Waals surface area (Å²) in [6.07, 6.45) is 1.58. The SMILES string of the molecule is CN1C(=O)C(SCc2ccco2)=C(c2ccc(Cl)cc2)C1=O. The molecular weight excluding hydrogens is 322 g/mol. The van der Waals surface area contributed by atoms with Gasteiger partial charge in [0.1, 0.15) is 5.76 Å². The predicted octanol–water partition coefficient (Wildman–Crippen LogP) is 3.58. The van der Waals surface area contributed by atoms with Crippen molar-refractivity contribution >= 4 is 40.8 Å². The van der Waals surface area contributed by atoms with E-state index in [0.717, 1.165) is 10.7 Å². The molecule has 0 aliphatic carbocycles. The molecule has 0 N–H and O–H groups in total. The molecule has 2 aromatic rings. The minimum absolute atomic E-state index is 0.286. The number of carbonyl (C=O) groups excluding carboxylic acids is 2. The van der Waals surface area contributed by atoms with Crippen molar-refractivity contribution in [1.29, 1.82) is 0 Å². The van der Waals surface area contributed by atoms with E-state index in [2.05, 4.69) is 0 Å². The molecule has 0 atom stereocenters. The summed E-state index contributed by atoms with van der Waals surface area (Å²) < 4.78 is 5.27. The number of imide groups is 1. The lowest BCUT2D eigenvalue weighted by Gasteiger charge is -2.06. The van der Waals surface area contributed by atoms with Gasteiger partial charge in [0.2, 0.25) is 0 Å². The number of hydrogen-bond acceptors (Lipinski definition) is 4. The lowest BCUT2D eigenvalue weighted by molar-refractivity contribution is -0.134. The van der Waals surface area contributed by atoms with Crippen LogP contribution in [0.1, 0.15) is 11.3 Å². The summed E-state index contributed by atoms with van der Waals surface area (Å²) in [7, 11) is 1.49. The predicted molar refractivity (Wildman–Crippen MR) is 86.2 cm³/mol. The van der Waals surface area contributed by atoms with Crippen LogP contribution in [0.2, 0.25) is 5.02 Å². The van der Waals surface area contributed by atoms with Crippen molar-refractivity contribution in [3.63, 3.8) is 0 Å². The summed E-state index contributed by atoms with van der Waals surface area (Å²) in [5.41, 5.74) is 1.11. The minimum atomic E-state index is -0.297. The highest BCUT2D eigenvalue weighted by Crippen LogP contribution is 2.37. The van der Waals surface area contributed by atoms with Crippen molar-refractivity contribution < 1.29 is 14.0 Å². The molecule has 0 unspecified atom stereocenters. The Kier molecular flexibility index (Phi) is 4.09. The molecule has 0 saturated carbocycles. The monoisotopic (exact) mass is 333 g/mol. The number of likely N-dealkylation sites (N-methyl/N-ethyl adjacent to an activating group) is 1. The summed E-state index contributed by atoms with van der Waals surface area (Å²) >= 11 is 7.19. The van der Waals surface area contributed by atoms with Gasteiger partial charge < -0.3 is 4.42 Å². The van der Waals surface area contributed by atoms with Gasteiger partial charge >= 0.3 is 0 Å². The second-order valence-corrected chi connectivity index (χ2v) is 6.17. The summed E-state index contributed by atoms with van der Waals surface area (Å²) in [5, 5.41) is 0.583. The molecule has 22 heavy (non-hydrogen) atoms. The van der Waals surface area contributed by atoms with Gasteiger partial charge in [-0.05, 0) is 29.8 Å². The van der Waals surface area contributed by atoms with E-state index < -0.39 is 0 Å². The van der Waals surface area contributed by atoms with Crippen molar-refractivity contribution in [3.8, 4) is 0 Å². The van der Waals surface area contributed by atoms with Gasteiger partial charge in [-0.3, -0.25) is 14.5 Å². The first-order valence-corrected chi connectivity index (χ1v) is 7.92. The van der Waals surface area contributed by atoms with E-state index in [4.69, 9.17) is 16.0 Å². The van der Waals surface area contributed by atoms with Crippen LogP contribution in [0.15, 0.2) is 52.0 Å². The average Bonchev–Trinajstić information content (AvgIpc) is 3.10. The van der Waals surface area contributed by atoms with E-state index in [1.54, 1.807) is 36.6 Å². The van der Waals surface area contributed by atoms with Gasteiger partial charge in [-0.25, -0.2) is 0 Å². The van der Waals surface area contributed by atoms with E-state index >= 15 is 0 Å². The Bertz CT molecular complexity index is 750. The Hall–Kier alpha value is -1.98. The minimum Gasteiger partial charge on any atom is -0.468 e. The van der Waals surface area contributed by atoms with Gasteiger partial charge in [-0.2, -0.15) is 0 Å². The smallest absolute Gasteiger partial charge is 0.267 e. The molecule has 1 aliphatic heterocycles. The third-order valence-corrected chi connectivity index (χ3v) is 4.66. The maximum atomic E-state index is 12.4. The van der Waals surface area contributed by atoms with Crippen molar-refractivity contribution in [2.45, 2.75) is 5.75 Å². The molecule has 0 spiro atoms. The molecule has 2 heterocycles. The van der Waals surface area contributed by atoms with Crippen molar-refractivity contribution in [2.75, 3.05) is 7.05 Å². The molecule has 0 saturated heterocycles. The number of thioether (sulfide) groups is 1. The number of halogens is 1. The molecule has 2 amide bonds. The molecule has 1 aliphatic rings. The first kappa shape index (κ1) is 14.9. The molecule has 4 nitrogen and oxygen atoms in total. The molecule has 1 aromatic carbocycles. The zero-order chi connectivity index (χ0) is 15.7. The average molecular weight is 334 g/mol. The summed E-state index contributed by atoms with van der Waals surface area (Å²) in [6, 6.07) is 10.5. The first-order valence-electron chi connectivity index (χ1n) is 6.55. The Morgan fingerprint density at radius 3 is 2.50 bits per heavy atom. The molecule has 0 radical (unpaired) electrons. The van der Waals surface area contributed by atoms with Gasteiger partial charge in [0.25, 0.3) is 11.8 Å². The Morgan fingerprint density at radius 1 is 1.14 bits per heavy atom.